The summed E-state index contributed by atoms with van der Waals surface area (Å²) in [6.45, 7) is 4.15. The van der Waals surface area contributed by atoms with E-state index in [1.165, 1.54) is 122 Å². The number of rotatable bonds is 37. The topological polar surface area (TPSA) is 89.8 Å². The number of nitrogens with one attached hydrogen (secondary N) is 1. The van der Waals surface area contributed by atoms with Crippen LogP contribution >= 0.6 is 0 Å². The van der Waals surface area contributed by atoms with Gasteiger partial charge in [-0.2, -0.15) is 0 Å². The number of carbonyl (C=O) groups excluding carboxylic acids is 1. The summed E-state index contributed by atoms with van der Waals surface area (Å²) in [5.74, 6) is -0.528. The van der Waals surface area contributed by atoms with E-state index in [9.17, 15) is 20.1 Å². The molecule has 0 aromatic heterocycles. The minimum Gasteiger partial charge on any atom is -0.394 e. The van der Waals surface area contributed by atoms with Crippen LogP contribution < -0.4 is 5.32 Å². The molecule has 0 aliphatic carbocycles. The van der Waals surface area contributed by atoms with Crippen molar-refractivity contribution in [1.82, 2.24) is 5.32 Å². The van der Waals surface area contributed by atoms with E-state index in [1.54, 1.807) is 6.08 Å². The van der Waals surface area contributed by atoms with Crippen LogP contribution in [0.3, 0.4) is 0 Å². The van der Waals surface area contributed by atoms with Gasteiger partial charge in [-0.1, -0.05) is 178 Å². The Balaban J connectivity index is 3.80. The van der Waals surface area contributed by atoms with E-state index < -0.39 is 24.2 Å². The van der Waals surface area contributed by atoms with E-state index in [4.69, 9.17) is 0 Å². The third-order valence-corrected chi connectivity index (χ3v) is 9.37. The predicted molar refractivity (Wildman–Crippen MR) is 213 cm³/mol. The highest BCUT2D eigenvalue weighted by Gasteiger charge is 2.22. The number of amides is 1. The normalized spacial score (nSPS) is 14.1. The highest BCUT2D eigenvalue weighted by molar-refractivity contribution is 5.80. The number of aliphatic hydroxyl groups is 3. The first-order chi connectivity index (χ1) is 24.1. The Bertz CT molecular complexity index is 805. The van der Waals surface area contributed by atoms with Gasteiger partial charge in [0.05, 0.1) is 18.8 Å². The number of hydrogen-bond donors (Lipinski definition) is 4. The van der Waals surface area contributed by atoms with Crippen molar-refractivity contribution in [2.75, 3.05) is 6.61 Å². The van der Waals surface area contributed by atoms with Gasteiger partial charge >= 0.3 is 0 Å². The molecule has 49 heavy (non-hydrogen) atoms. The first-order valence-electron chi connectivity index (χ1n) is 21.0. The Morgan fingerprint density at radius 3 is 1.24 bits per heavy atom. The van der Waals surface area contributed by atoms with E-state index >= 15 is 0 Å². The first-order valence-corrected chi connectivity index (χ1v) is 21.0. The van der Waals surface area contributed by atoms with Gasteiger partial charge in [-0.3, -0.25) is 4.79 Å². The van der Waals surface area contributed by atoms with E-state index in [0.717, 1.165) is 57.8 Å². The van der Waals surface area contributed by atoms with Gasteiger partial charge in [0.15, 0.2) is 0 Å². The Labute approximate surface area is 304 Å². The number of unbranched alkanes of at least 4 members (excludes halogenated alkanes) is 23. The van der Waals surface area contributed by atoms with Gasteiger partial charge in [-0.05, 0) is 70.6 Å². The monoisotopic (exact) mass is 688 g/mol. The molecule has 0 aliphatic heterocycles. The standard InChI is InChI=1S/C44H81NO4/c1-3-5-7-9-11-13-15-17-19-20-21-22-23-25-26-28-30-32-34-36-38-42(47)41(40-46)45-44(49)43(48)39-37-35-33-31-29-27-24-18-16-14-12-10-8-6-4-2/h22-24,27-28,30,36,38,41-43,46-48H,3-21,25-26,29,31-35,37,39-40H2,1-2H3,(H,45,49)/b23-22+,27-24-,30-28+,38-36+. The van der Waals surface area contributed by atoms with Crippen LogP contribution in [-0.2, 0) is 4.79 Å². The average Bonchev–Trinajstić information content (AvgIpc) is 3.11. The van der Waals surface area contributed by atoms with Crippen LogP contribution in [0.4, 0.5) is 0 Å². The third-order valence-electron chi connectivity index (χ3n) is 9.37. The molecule has 0 spiro atoms. The molecule has 0 aliphatic rings. The molecule has 0 aromatic rings. The van der Waals surface area contributed by atoms with E-state index in [1.807, 2.05) is 6.08 Å². The van der Waals surface area contributed by atoms with E-state index in [2.05, 4.69) is 55.6 Å². The second kappa shape index (κ2) is 39.1. The quantitative estimate of drug-likeness (QED) is 0.0386. The zero-order valence-electron chi connectivity index (χ0n) is 32.3. The van der Waals surface area contributed by atoms with Crippen molar-refractivity contribution in [3.05, 3.63) is 48.6 Å². The molecule has 3 unspecified atom stereocenters. The summed E-state index contributed by atoms with van der Waals surface area (Å²) in [5, 5.41) is 33.0. The van der Waals surface area contributed by atoms with Gasteiger partial charge in [0.1, 0.15) is 6.10 Å². The van der Waals surface area contributed by atoms with Gasteiger partial charge in [-0.15, -0.1) is 0 Å². The zero-order valence-corrected chi connectivity index (χ0v) is 32.3. The molecular formula is C44H81NO4. The fourth-order valence-electron chi connectivity index (χ4n) is 6.03. The van der Waals surface area contributed by atoms with Crippen LogP contribution in [0.5, 0.6) is 0 Å². The van der Waals surface area contributed by atoms with Crippen LogP contribution in [0.1, 0.15) is 200 Å². The number of hydrogen-bond acceptors (Lipinski definition) is 4. The summed E-state index contributed by atoms with van der Waals surface area (Å²) in [6, 6.07) is -0.825. The van der Waals surface area contributed by atoms with Crippen molar-refractivity contribution in [2.24, 2.45) is 0 Å². The summed E-state index contributed by atoms with van der Waals surface area (Å²) in [5.41, 5.74) is 0. The van der Waals surface area contributed by atoms with Crippen LogP contribution in [0, 0.1) is 0 Å². The van der Waals surface area contributed by atoms with Crippen molar-refractivity contribution in [1.29, 1.82) is 0 Å². The lowest BCUT2D eigenvalue weighted by atomic mass is 10.1. The maximum Gasteiger partial charge on any atom is 0.249 e. The maximum absolute atomic E-state index is 12.4. The molecule has 5 heteroatoms. The molecule has 4 N–H and O–H groups in total. The van der Waals surface area contributed by atoms with Crippen molar-refractivity contribution < 1.29 is 20.1 Å². The number of aliphatic hydroxyl groups excluding tert-OH is 3. The number of allylic oxidation sites excluding steroid dienone is 7. The molecule has 1 amide bonds. The molecule has 0 heterocycles. The van der Waals surface area contributed by atoms with Crippen molar-refractivity contribution in [3.8, 4) is 0 Å². The molecule has 0 bridgehead atoms. The van der Waals surface area contributed by atoms with Gasteiger partial charge < -0.3 is 20.6 Å². The summed E-state index contributed by atoms with van der Waals surface area (Å²) in [4.78, 5) is 12.4. The Kier molecular flexibility index (Phi) is 37.8. The molecule has 0 rings (SSSR count). The van der Waals surface area contributed by atoms with Gasteiger partial charge in [-0.25, -0.2) is 0 Å². The minimum absolute atomic E-state index is 0.386. The highest BCUT2D eigenvalue weighted by Crippen LogP contribution is 2.13. The van der Waals surface area contributed by atoms with Crippen molar-refractivity contribution >= 4 is 5.91 Å². The summed E-state index contributed by atoms with van der Waals surface area (Å²) in [6.07, 6.45) is 49.9. The third kappa shape index (κ3) is 34.5. The summed E-state index contributed by atoms with van der Waals surface area (Å²) >= 11 is 0. The largest absolute Gasteiger partial charge is 0.394 e. The lowest BCUT2D eigenvalue weighted by Crippen LogP contribution is -2.48. The first kappa shape index (κ1) is 47.3. The highest BCUT2D eigenvalue weighted by atomic mass is 16.3. The second-order valence-electron chi connectivity index (χ2n) is 14.2. The van der Waals surface area contributed by atoms with Gasteiger partial charge in [0.25, 0.3) is 0 Å². The maximum atomic E-state index is 12.4. The van der Waals surface area contributed by atoms with Crippen LogP contribution in [0.25, 0.3) is 0 Å². The van der Waals surface area contributed by atoms with Crippen LogP contribution in [-0.4, -0.2) is 46.1 Å². The summed E-state index contributed by atoms with van der Waals surface area (Å²) in [7, 11) is 0. The molecule has 0 saturated heterocycles. The molecule has 0 aromatic carbocycles. The fraction of sp³-hybridized carbons (Fsp3) is 0.795. The fourth-order valence-corrected chi connectivity index (χ4v) is 6.03. The Morgan fingerprint density at radius 1 is 0.490 bits per heavy atom. The lowest BCUT2D eigenvalue weighted by molar-refractivity contribution is -0.131. The SMILES string of the molecule is CCCCCCCCC/C=C\CCCCCCC(O)C(=O)NC(CO)C(O)/C=C/CC/C=C/CC/C=C/CCCCCCCCCCCC. The summed E-state index contributed by atoms with van der Waals surface area (Å²) < 4.78 is 0. The smallest absolute Gasteiger partial charge is 0.249 e. The molecule has 3 atom stereocenters. The van der Waals surface area contributed by atoms with Crippen molar-refractivity contribution in [2.45, 2.75) is 218 Å². The molecule has 0 radical (unpaired) electrons. The van der Waals surface area contributed by atoms with Crippen molar-refractivity contribution in [3.63, 3.8) is 0 Å². The van der Waals surface area contributed by atoms with E-state index in [0.29, 0.717) is 6.42 Å². The minimum atomic E-state index is -1.12. The lowest BCUT2D eigenvalue weighted by Gasteiger charge is -2.21. The molecule has 5 nitrogen and oxygen atoms in total. The van der Waals surface area contributed by atoms with Gasteiger partial charge in [0, 0.05) is 0 Å². The second-order valence-corrected chi connectivity index (χ2v) is 14.2. The average molecular weight is 688 g/mol. The molecule has 0 fully saturated rings. The van der Waals surface area contributed by atoms with E-state index in [-0.39, 0.29) is 6.61 Å². The Morgan fingerprint density at radius 2 is 0.837 bits per heavy atom. The molecule has 286 valence electrons. The van der Waals surface area contributed by atoms with Crippen LogP contribution in [0.2, 0.25) is 0 Å². The van der Waals surface area contributed by atoms with Crippen LogP contribution in [0.15, 0.2) is 48.6 Å². The van der Waals surface area contributed by atoms with Gasteiger partial charge in [0.2, 0.25) is 5.91 Å². The molecule has 0 saturated carbocycles. The zero-order chi connectivity index (χ0) is 35.9. The number of carbonyl (C=O) groups is 1. The predicted octanol–water partition coefficient (Wildman–Crippen LogP) is 11.8. The Hall–Kier alpha value is -1.69. The molecular weight excluding hydrogens is 606 g/mol.